The zero-order valence-corrected chi connectivity index (χ0v) is 9.07. The van der Waals surface area contributed by atoms with Crippen molar-refractivity contribution in [2.45, 2.75) is 0 Å². The quantitative estimate of drug-likeness (QED) is 0.607. The van der Waals surface area contributed by atoms with E-state index in [1.54, 1.807) is 6.20 Å². The lowest BCUT2D eigenvalue weighted by atomic mass is 10.3. The van der Waals surface area contributed by atoms with Gasteiger partial charge in [0.25, 0.3) is 0 Å². The van der Waals surface area contributed by atoms with Gasteiger partial charge in [0, 0.05) is 23.9 Å². The maximum Gasteiger partial charge on any atom is 0.154 e. The lowest BCUT2D eigenvalue weighted by molar-refractivity contribution is 0.112. The predicted octanol–water partition coefficient (Wildman–Crippen LogP) is 1.56. The van der Waals surface area contributed by atoms with E-state index in [1.807, 2.05) is 25.1 Å². The molecule has 0 bridgehead atoms. The fraction of sp³-hybridized carbons (Fsp3) is 0.250. The molecule has 1 rings (SSSR count). The van der Waals surface area contributed by atoms with Gasteiger partial charge in [0.1, 0.15) is 5.82 Å². The van der Waals surface area contributed by atoms with Gasteiger partial charge in [0.2, 0.25) is 0 Å². The number of aldehydes is 1. The fourth-order valence-corrected chi connectivity index (χ4v) is 1.43. The monoisotopic (exact) mass is 276 g/mol. The van der Waals surface area contributed by atoms with Gasteiger partial charge in [-0.25, -0.2) is 4.98 Å². The van der Waals surface area contributed by atoms with Gasteiger partial charge in [-0.1, -0.05) is 0 Å². The average molecular weight is 276 g/mol. The van der Waals surface area contributed by atoms with E-state index < -0.39 is 0 Å². The summed E-state index contributed by atoms with van der Waals surface area (Å²) in [5.74, 6) is 0.719. The van der Waals surface area contributed by atoms with E-state index >= 15 is 0 Å². The summed E-state index contributed by atoms with van der Waals surface area (Å²) >= 11 is 2.12. The van der Waals surface area contributed by atoms with Crippen molar-refractivity contribution in [2.24, 2.45) is 0 Å². The molecule has 0 aliphatic carbocycles. The van der Waals surface area contributed by atoms with Gasteiger partial charge in [0.15, 0.2) is 6.29 Å². The lowest BCUT2D eigenvalue weighted by Gasteiger charge is -2.13. The van der Waals surface area contributed by atoms with Crippen LogP contribution in [0.3, 0.4) is 0 Å². The van der Waals surface area contributed by atoms with E-state index in [4.69, 9.17) is 0 Å². The molecule has 0 radical (unpaired) electrons. The molecule has 0 fully saturated rings. The number of aromatic nitrogens is 1. The van der Waals surface area contributed by atoms with Crippen LogP contribution in [0.25, 0.3) is 0 Å². The first-order valence-electron chi connectivity index (χ1n) is 3.44. The van der Waals surface area contributed by atoms with Crippen LogP contribution in [-0.2, 0) is 0 Å². The number of anilines is 1. The third-order valence-electron chi connectivity index (χ3n) is 1.46. The topological polar surface area (TPSA) is 33.2 Å². The molecule has 3 nitrogen and oxygen atoms in total. The zero-order chi connectivity index (χ0) is 9.14. The summed E-state index contributed by atoms with van der Waals surface area (Å²) in [5, 5.41) is 0. The van der Waals surface area contributed by atoms with Crippen molar-refractivity contribution in [3.63, 3.8) is 0 Å². The van der Waals surface area contributed by atoms with Crippen LogP contribution in [0, 0.1) is 3.57 Å². The molecule has 0 saturated heterocycles. The van der Waals surface area contributed by atoms with Crippen LogP contribution in [0.5, 0.6) is 0 Å². The molecular weight excluding hydrogens is 267 g/mol. The van der Waals surface area contributed by atoms with E-state index in [2.05, 4.69) is 27.6 Å². The molecule has 0 aliphatic heterocycles. The first-order valence-corrected chi connectivity index (χ1v) is 4.51. The highest BCUT2D eigenvalue weighted by Crippen LogP contribution is 2.18. The first kappa shape index (κ1) is 9.44. The summed E-state index contributed by atoms with van der Waals surface area (Å²) in [5.41, 5.74) is 0.656. The Morgan fingerprint density at radius 3 is 2.67 bits per heavy atom. The number of halogens is 1. The van der Waals surface area contributed by atoms with Crippen molar-refractivity contribution < 1.29 is 4.79 Å². The van der Waals surface area contributed by atoms with Crippen molar-refractivity contribution in [2.75, 3.05) is 19.0 Å². The summed E-state index contributed by atoms with van der Waals surface area (Å²) in [7, 11) is 3.73. The lowest BCUT2D eigenvalue weighted by Crippen LogP contribution is -2.13. The number of hydrogen-bond donors (Lipinski definition) is 0. The van der Waals surface area contributed by atoms with E-state index in [9.17, 15) is 4.79 Å². The van der Waals surface area contributed by atoms with Gasteiger partial charge in [-0.05, 0) is 28.7 Å². The molecule has 0 unspecified atom stereocenters. The zero-order valence-electron chi connectivity index (χ0n) is 6.91. The highest BCUT2D eigenvalue weighted by atomic mass is 127. The van der Waals surface area contributed by atoms with Crippen LogP contribution in [-0.4, -0.2) is 25.4 Å². The van der Waals surface area contributed by atoms with Crippen molar-refractivity contribution in [1.82, 2.24) is 4.98 Å². The standard InChI is InChI=1S/C8H9IN2O/c1-11(2)8-6(5-12)7(9)3-4-10-8/h3-5H,1-2H3. The summed E-state index contributed by atoms with van der Waals surface area (Å²) in [6, 6.07) is 1.82. The molecule has 0 saturated carbocycles. The number of hydrogen-bond acceptors (Lipinski definition) is 3. The molecule has 0 spiro atoms. The molecule has 0 aliphatic rings. The van der Waals surface area contributed by atoms with E-state index in [0.29, 0.717) is 5.56 Å². The molecule has 4 heteroatoms. The molecule has 0 aromatic carbocycles. The molecule has 64 valence electrons. The van der Waals surface area contributed by atoms with Gasteiger partial charge in [-0.2, -0.15) is 0 Å². The minimum Gasteiger partial charge on any atom is -0.362 e. The normalized spacial score (nSPS) is 9.58. The Balaban J connectivity index is 3.27. The average Bonchev–Trinajstić information content (AvgIpc) is 2.03. The third kappa shape index (κ3) is 1.74. The fourth-order valence-electron chi connectivity index (χ4n) is 0.905. The van der Waals surface area contributed by atoms with E-state index in [0.717, 1.165) is 15.7 Å². The maximum atomic E-state index is 10.7. The van der Waals surface area contributed by atoms with Crippen LogP contribution < -0.4 is 4.90 Å². The molecule has 1 aromatic heterocycles. The SMILES string of the molecule is CN(C)c1nccc(I)c1C=O. The van der Waals surface area contributed by atoms with Gasteiger partial charge in [0.05, 0.1) is 5.56 Å². The Morgan fingerprint density at radius 2 is 2.25 bits per heavy atom. The van der Waals surface area contributed by atoms with Crippen LogP contribution >= 0.6 is 22.6 Å². The smallest absolute Gasteiger partial charge is 0.154 e. The molecule has 1 heterocycles. The Bertz CT molecular complexity index is 299. The molecule has 0 N–H and O–H groups in total. The second-order valence-electron chi connectivity index (χ2n) is 2.54. The number of carbonyl (C=O) groups excluding carboxylic acids is 1. The highest BCUT2D eigenvalue weighted by molar-refractivity contribution is 14.1. The van der Waals surface area contributed by atoms with Crippen LogP contribution in [0.15, 0.2) is 12.3 Å². The first-order chi connectivity index (χ1) is 5.66. The number of pyridine rings is 1. The maximum absolute atomic E-state index is 10.7. The molecule has 0 atom stereocenters. The number of rotatable bonds is 2. The summed E-state index contributed by atoms with van der Waals surface area (Å²) in [4.78, 5) is 16.6. The van der Waals surface area contributed by atoms with Crippen molar-refractivity contribution >= 4 is 34.7 Å². The highest BCUT2D eigenvalue weighted by Gasteiger charge is 2.07. The minimum absolute atomic E-state index is 0.656. The Hall–Kier alpha value is -0.650. The Labute approximate surface area is 84.9 Å². The summed E-state index contributed by atoms with van der Waals surface area (Å²) in [6.07, 6.45) is 2.54. The third-order valence-corrected chi connectivity index (χ3v) is 2.40. The van der Waals surface area contributed by atoms with Crippen LogP contribution in [0.2, 0.25) is 0 Å². The summed E-state index contributed by atoms with van der Waals surface area (Å²) in [6.45, 7) is 0. The van der Waals surface area contributed by atoms with Crippen LogP contribution in [0.4, 0.5) is 5.82 Å². The molecule has 0 amide bonds. The Kier molecular flexibility index (Phi) is 3.02. The van der Waals surface area contributed by atoms with E-state index in [1.165, 1.54) is 0 Å². The number of nitrogens with zero attached hydrogens (tertiary/aromatic N) is 2. The second-order valence-corrected chi connectivity index (χ2v) is 3.70. The van der Waals surface area contributed by atoms with Gasteiger partial charge in [-0.3, -0.25) is 4.79 Å². The molecule has 1 aromatic rings. The van der Waals surface area contributed by atoms with Crippen molar-refractivity contribution in [3.05, 3.63) is 21.4 Å². The van der Waals surface area contributed by atoms with Gasteiger partial charge < -0.3 is 4.90 Å². The predicted molar refractivity (Wildman–Crippen MR) is 56.7 cm³/mol. The van der Waals surface area contributed by atoms with Crippen molar-refractivity contribution in [3.8, 4) is 0 Å². The van der Waals surface area contributed by atoms with Crippen molar-refractivity contribution in [1.29, 1.82) is 0 Å². The summed E-state index contributed by atoms with van der Waals surface area (Å²) < 4.78 is 0.932. The van der Waals surface area contributed by atoms with Gasteiger partial charge in [-0.15, -0.1) is 0 Å². The van der Waals surface area contributed by atoms with E-state index in [-0.39, 0.29) is 0 Å². The largest absolute Gasteiger partial charge is 0.362 e. The second kappa shape index (κ2) is 3.84. The number of carbonyl (C=O) groups is 1. The Morgan fingerprint density at radius 1 is 1.58 bits per heavy atom. The van der Waals surface area contributed by atoms with Gasteiger partial charge >= 0.3 is 0 Å². The van der Waals surface area contributed by atoms with Crippen LogP contribution in [0.1, 0.15) is 10.4 Å². The minimum atomic E-state index is 0.656. The molecule has 12 heavy (non-hydrogen) atoms. The molecular formula is C8H9IN2O.